The fraction of sp³-hybridized carbons (Fsp3) is 0.174. The van der Waals surface area contributed by atoms with Gasteiger partial charge in [0, 0.05) is 103 Å². The summed E-state index contributed by atoms with van der Waals surface area (Å²) < 4.78 is 8.27. The van der Waals surface area contributed by atoms with Gasteiger partial charge in [0.15, 0.2) is 0 Å². The van der Waals surface area contributed by atoms with E-state index in [9.17, 15) is 0 Å². The molecule has 568 valence electrons. The van der Waals surface area contributed by atoms with E-state index in [0.29, 0.717) is 23.7 Å². The minimum Gasteiger partial charge on any atom is -0.458 e. The fourth-order valence-electron chi connectivity index (χ4n) is 23.9. The smallest absolute Gasteiger partial charge is 0.256 e. The summed E-state index contributed by atoms with van der Waals surface area (Å²) >= 11 is 0. The molecule has 0 radical (unpaired) electrons. The van der Waals surface area contributed by atoms with Gasteiger partial charge in [-0.25, -0.2) is 0 Å². The molecule has 4 aliphatic carbocycles. The zero-order chi connectivity index (χ0) is 77.5. The number of fused-ring (bicyclic) bond motifs is 17. The Morgan fingerprint density at radius 1 is 0.263 bits per heavy atom. The van der Waals surface area contributed by atoms with Crippen LogP contribution in [0.1, 0.15) is 106 Å². The van der Waals surface area contributed by atoms with Crippen molar-refractivity contribution < 1.29 is 4.74 Å². The van der Waals surface area contributed by atoms with E-state index in [2.05, 4.69) is 387 Å². The average Bonchev–Trinajstić information content (AvgIpc) is 1.31. The summed E-state index contributed by atoms with van der Waals surface area (Å²) in [4.78, 5) is 15.8. The molecule has 0 amide bonds. The largest absolute Gasteiger partial charge is 0.458 e. The molecule has 3 fully saturated rings. The molecule has 5 aliphatic heterocycles. The Kier molecular flexibility index (Phi) is 16.5. The van der Waals surface area contributed by atoms with Gasteiger partial charge in [0.1, 0.15) is 11.5 Å². The number of para-hydroxylation sites is 9. The van der Waals surface area contributed by atoms with Crippen LogP contribution >= 0.6 is 0 Å². The first-order valence-electron chi connectivity index (χ1n) is 43.5. The molecule has 2 atom stereocenters. The van der Waals surface area contributed by atoms with Crippen LogP contribution in [0.15, 0.2) is 358 Å². The SMILES string of the molecule is c1ccc(N(c2ccccc2)c2cc3c4c(c2)N(c2ccccc2)c2ccccc2B4c2cc4c(cc2O3)N(C2C(C3CCCCC3)CCCC2C2CCCCC2)c2cc3c(cc2C42c4ccccc4-c4ccccc42)B2c4ccccc4N(c4ccccc4)c4cc(N(c5ccccc5)c5ccccc5)cc(c42)N3c2ccccc2)cc1. The van der Waals surface area contributed by atoms with Gasteiger partial charge in [0.05, 0.1) is 16.8 Å². The van der Waals surface area contributed by atoms with E-state index in [-0.39, 0.29) is 19.5 Å². The minimum absolute atomic E-state index is 0.186. The standard InChI is InChI=1S/C109H90B2N6O/c1-10-37-73(38-11-1)84-57-36-58-85(74-39-12-2-13-40-74)108(84)117-98-71-100-94(110-92-61-32-34-63-96(92)114(79-49-22-7-23-50-79)101-65-82(66-102(106(101)110)116(100)81-53-26-9-27-54-81)112(75-41-14-3-15-42-75)76-43-16-4-17-44-76)69-90(98)109(88-59-30-28-55-86(88)87-56-29-31-60-89(87)109)91-70-95-104(72-99(91)117)118-105-68-83(113(77-45-18-5-19-46-77)78-47-20-6-21-48-78)67-103-107(105)111(95)93-62-33-35-64-97(93)115(103)80-51-24-8-25-52-80/h3-9,14-35,41-56,59-74,84-85,108H,1-2,10-13,36-40,57-58H2. The lowest BCUT2D eigenvalue weighted by atomic mass is 9.33. The van der Waals surface area contributed by atoms with Crippen molar-refractivity contribution in [3.8, 4) is 22.6 Å². The molecule has 3 saturated carbocycles. The van der Waals surface area contributed by atoms with Gasteiger partial charge in [0.25, 0.3) is 13.4 Å². The molecule has 24 rings (SSSR count). The maximum atomic E-state index is 8.27. The molecule has 9 heteroatoms. The molecule has 0 saturated heterocycles. The molecule has 5 heterocycles. The predicted octanol–water partition coefficient (Wildman–Crippen LogP) is 24.9. The summed E-state index contributed by atoms with van der Waals surface area (Å²) in [6, 6.07) is 137. The number of rotatable bonds is 12. The summed E-state index contributed by atoms with van der Waals surface area (Å²) in [6.45, 7) is -0.406. The third-order valence-corrected chi connectivity index (χ3v) is 28.5. The van der Waals surface area contributed by atoms with Crippen LogP contribution in [0.25, 0.3) is 11.1 Å². The van der Waals surface area contributed by atoms with Crippen molar-refractivity contribution >= 4 is 143 Å². The van der Waals surface area contributed by atoms with Gasteiger partial charge in [-0.2, -0.15) is 0 Å². The lowest BCUT2D eigenvalue weighted by Gasteiger charge is -2.56. The molecule has 15 aromatic rings. The number of nitrogens with zero attached hydrogens (tertiary/aromatic N) is 6. The number of benzene rings is 15. The van der Waals surface area contributed by atoms with Crippen molar-refractivity contribution in [3.05, 3.63) is 380 Å². The fourth-order valence-corrected chi connectivity index (χ4v) is 23.9. The third kappa shape index (κ3) is 10.7. The van der Waals surface area contributed by atoms with Crippen molar-refractivity contribution in [1.82, 2.24) is 0 Å². The second kappa shape index (κ2) is 28.2. The average molecular weight is 1520 g/mol. The van der Waals surface area contributed by atoms with E-state index in [0.717, 1.165) is 68.4 Å². The highest BCUT2D eigenvalue weighted by atomic mass is 16.5. The first-order valence-corrected chi connectivity index (χ1v) is 43.5. The molecule has 0 aromatic heterocycles. The highest BCUT2D eigenvalue weighted by Crippen LogP contribution is 2.66. The van der Waals surface area contributed by atoms with E-state index in [1.165, 1.54) is 189 Å². The Bertz CT molecular complexity index is 6230. The van der Waals surface area contributed by atoms with Gasteiger partial charge in [-0.05, 0) is 224 Å². The van der Waals surface area contributed by atoms with Crippen LogP contribution in [0, 0.1) is 23.7 Å². The maximum Gasteiger partial charge on any atom is 0.256 e. The molecule has 15 aromatic carbocycles. The molecule has 7 nitrogen and oxygen atoms in total. The van der Waals surface area contributed by atoms with Crippen LogP contribution in [0.3, 0.4) is 0 Å². The summed E-state index contributed by atoms with van der Waals surface area (Å²) in [5.41, 5.74) is 34.1. The Labute approximate surface area is 693 Å². The lowest BCUT2D eigenvalue weighted by molar-refractivity contribution is 0.0834. The summed E-state index contributed by atoms with van der Waals surface area (Å²) in [6.07, 6.45) is 16.7. The van der Waals surface area contributed by atoms with Crippen molar-refractivity contribution in [1.29, 1.82) is 0 Å². The first kappa shape index (κ1) is 69.3. The Morgan fingerprint density at radius 3 is 1.10 bits per heavy atom. The van der Waals surface area contributed by atoms with Gasteiger partial charge in [-0.15, -0.1) is 0 Å². The summed E-state index contributed by atoms with van der Waals surface area (Å²) in [5, 5.41) is 0. The molecule has 9 aliphatic rings. The Balaban J connectivity index is 0.834. The van der Waals surface area contributed by atoms with Crippen LogP contribution in [0.2, 0.25) is 0 Å². The number of anilines is 17. The number of hydrogen-bond donors (Lipinski definition) is 0. The predicted molar refractivity (Wildman–Crippen MR) is 493 cm³/mol. The number of hydrogen-bond acceptors (Lipinski definition) is 7. The van der Waals surface area contributed by atoms with Crippen molar-refractivity contribution in [3.63, 3.8) is 0 Å². The van der Waals surface area contributed by atoms with E-state index in [1.54, 1.807) is 0 Å². The molecule has 1 spiro atoms. The molecule has 0 N–H and O–H groups in total. The third-order valence-electron chi connectivity index (χ3n) is 28.5. The van der Waals surface area contributed by atoms with Crippen molar-refractivity contribution in [2.24, 2.45) is 23.7 Å². The second-order valence-corrected chi connectivity index (χ2v) is 34.5. The number of ether oxygens (including phenoxy) is 1. The zero-order valence-electron chi connectivity index (χ0n) is 66.4. The highest BCUT2D eigenvalue weighted by molar-refractivity contribution is 7.01. The Morgan fingerprint density at radius 2 is 0.636 bits per heavy atom. The molecular weight excluding hydrogens is 1430 g/mol. The Hall–Kier alpha value is -13.0. The van der Waals surface area contributed by atoms with Crippen molar-refractivity contribution in [2.45, 2.75) is 94.9 Å². The van der Waals surface area contributed by atoms with Crippen LogP contribution < -0.4 is 66.9 Å². The van der Waals surface area contributed by atoms with E-state index in [1.807, 2.05) is 0 Å². The normalized spacial score (nSPS) is 18.1. The van der Waals surface area contributed by atoms with Gasteiger partial charge in [-0.3, -0.25) is 0 Å². The topological polar surface area (TPSA) is 28.7 Å². The van der Waals surface area contributed by atoms with Crippen LogP contribution in [0.4, 0.5) is 96.7 Å². The maximum absolute atomic E-state index is 8.27. The second-order valence-electron chi connectivity index (χ2n) is 34.5. The molecule has 118 heavy (non-hydrogen) atoms. The van der Waals surface area contributed by atoms with E-state index in [4.69, 9.17) is 4.74 Å². The van der Waals surface area contributed by atoms with E-state index >= 15 is 0 Å². The van der Waals surface area contributed by atoms with Crippen LogP contribution in [0.5, 0.6) is 11.5 Å². The quantitative estimate of drug-likeness (QED) is 0.113. The zero-order valence-corrected chi connectivity index (χ0v) is 66.4. The van der Waals surface area contributed by atoms with Crippen molar-refractivity contribution in [2.75, 3.05) is 29.4 Å². The van der Waals surface area contributed by atoms with Gasteiger partial charge in [0.2, 0.25) is 0 Å². The highest BCUT2D eigenvalue weighted by Gasteiger charge is 2.58. The monoisotopic (exact) mass is 1520 g/mol. The van der Waals surface area contributed by atoms with Crippen LogP contribution in [-0.2, 0) is 5.41 Å². The van der Waals surface area contributed by atoms with Gasteiger partial charge >= 0.3 is 0 Å². The molecule has 0 bridgehead atoms. The lowest BCUT2D eigenvalue weighted by Crippen LogP contribution is -2.62. The van der Waals surface area contributed by atoms with E-state index < -0.39 is 5.41 Å². The van der Waals surface area contributed by atoms with Gasteiger partial charge < -0.3 is 34.1 Å². The molecule has 2 unspecified atom stereocenters. The summed E-state index contributed by atoms with van der Waals surface area (Å²) in [7, 11) is 0. The first-order chi connectivity index (χ1) is 58.6. The van der Waals surface area contributed by atoms with Gasteiger partial charge in [-0.1, -0.05) is 295 Å². The minimum atomic E-state index is -0.836. The van der Waals surface area contributed by atoms with Crippen LogP contribution in [-0.4, -0.2) is 19.5 Å². The molecular formula is C109H90B2N6O. The summed E-state index contributed by atoms with van der Waals surface area (Å²) in [5.74, 6) is 3.93.